The van der Waals surface area contributed by atoms with Crippen LogP contribution in [0.15, 0.2) is 30.3 Å². The summed E-state index contributed by atoms with van der Waals surface area (Å²) in [6.45, 7) is 4.91. The molecule has 0 spiro atoms. The van der Waals surface area contributed by atoms with Gasteiger partial charge in [0.15, 0.2) is 0 Å². The molecule has 1 fully saturated rings. The Bertz CT molecular complexity index is 472. The van der Waals surface area contributed by atoms with Crippen LogP contribution in [0.25, 0.3) is 0 Å². The second-order valence-electron chi connectivity index (χ2n) is 5.51. The third-order valence-corrected chi connectivity index (χ3v) is 3.93. The summed E-state index contributed by atoms with van der Waals surface area (Å²) < 4.78 is 4.79. The van der Waals surface area contributed by atoms with Gasteiger partial charge in [0.2, 0.25) is 5.91 Å². The number of hydrogen-bond donors (Lipinski definition) is 0. The van der Waals surface area contributed by atoms with Crippen molar-refractivity contribution in [3.63, 3.8) is 0 Å². The zero-order valence-corrected chi connectivity index (χ0v) is 12.0. The summed E-state index contributed by atoms with van der Waals surface area (Å²) in [5.41, 5.74) is 1.28. The zero-order chi connectivity index (χ0) is 14.5. The Morgan fingerprint density at radius 3 is 2.55 bits per heavy atom. The molecular weight excluding hydrogens is 254 g/mol. The summed E-state index contributed by atoms with van der Waals surface area (Å²) in [6, 6.07) is 10.3. The first-order valence-electron chi connectivity index (χ1n) is 7.09. The maximum absolute atomic E-state index is 12.0. The molecule has 1 aliphatic heterocycles. The first-order valence-corrected chi connectivity index (χ1v) is 7.09. The lowest BCUT2D eigenvalue weighted by atomic mass is 9.87. The highest BCUT2D eigenvalue weighted by atomic mass is 16.6. The second-order valence-corrected chi connectivity index (χ2v) is 5.51. The minimum Gasteiger partial charge on any atom is -0.447 e. The number of benzene rings is 1. The van der Waals surface area contributed by atoms with Gasteiger partial charge in [-0.15, -0.1) is 0 Å². The van der Waals surface area contributed by atoms with Crippen molar-refractivity contribution in [2.75, 3.05) is 13.2 Å². The van der Waals surface area contributed by atoms with Crippen LogP contribution in [0.3, 0.4) is 0 Å². The molecule has 1 aromatic rings. The van der Waals surface area contributed by atoms with Crippen molar-refractivity contribution in [2.24, 2.45) is 11.8 Å². The van der Waals surface area contributed by atoms with Crippen molar-refractivity contribution >= 4 is 12.0 Å². The SMILES string of the molecule is C[C@H](CC(=O)N1CCOC1=O)[C@H](C)Cc1ccccc1. The third-order valence-electron chi connectivity index (χ3n) is 3.93. The van der Waals surface area contributed by atoms with Crippen LogP contribution < -0.4 is 0 Å². The van der Waals surface area contributed by atoms with Crippen molar-refractivity contribution in [2.45, 2.75) is 26.7 Å². The third kappa shape index (κ3) is 3.59. The van der Waals surface area contributed by atoms with Crippen molar-refractivity contribution in [1.29, 1.82) is 0 Å². The molecule has 0 unspecified atom stereocenters. The van der Waals surface area contributed by atoms with Gasteiger partial charge < -0.3 is 4.74 Å². The summed E-state index contributed by atoms with van der Waals surface area (Å²) in [6.07, 6.45) is 0.834. The Kier molecular flexibility index (Phi) is 4.77. The van der Waals surface area contributed by atoms with E-state index in [2.05, 4.69) is 26.0 Å². The topological polar surface area (TPSA) is 46.6 Å². The molecule has 0 radical (unpaired) electrons. The van der Waals surface area contributed by atoms with Crippen LogP contribution in [0.5, 0.6) is 0 Å². The number of hydrogen-bond acceptors (Lipinski definition) is 3. The summed E-state index contributed by atoms with van der Waals surface area (Å²) in [4.78, 5) is 24.6. The van der Waals surface area contributed by atoms with E-state index >= 15 is 0 Å². The Balaban J connectivity index is 1.86. The molecule has 0 saturated carbocycles. The quantitative estimate of drug-likeness (QED) is 0.830. The van der Waals surface area contributed by atoms with Crippen LogP contribution in [-0.4, -0.2) is 30.1 Å². The number of ether oxygens (including phenoxy) is 1. The Morgan fingerprint density at radius 1 is 1.25 bits per heavy atom. The number of amides is 2. The Morgan fingerprint density at radius 2 is 1.95 bits per heavy atom. The van der Waals surface area contributed by atoms with Gasteiger partial charge in [0.25, 0.3) is 0 Å². The van der Waals surface area contributed by atoms with E-state index in [0.29, 0.717) is 25.5 Å². The number of cyclic esters (lactones) is 1. The van der Waals surface area contributed by atoms with Crippen LogP contribution >= 0.6 is 0 Å². The number of carbonyl (C=O) groups is 2. The molecule has 108 valence electrons. The van der Waals surface area contributed by atoms with E-state index in [9.17, 15) is 9.59 Å². The standard InChI is InChI=1S/C16H21NO3/c1-12(10-14-6-4-3-5-7-14)13(2)11-15(18)17-8-9-20-16(17)19/h3-7,12-13H,8-11H2,1-2H3/t12-,13-/m1/s1. The minimum atomic E-state index is -0.502. The van der Waals surface area contributed by atoms with Crippen molar-refractivity contribution in [3.05, 3.63) is 35.9 Å². The van der Waals surface area contributed by atoms with Gasteiger partial charge >= 0.3 is 6.09 Å². The van der Waals surface area contributed by atoms with Crippen LogP contribution in [0, 0.1) is 11.8 Å². The van der Waals surface area contributed by atoms with E-state index in [1.165, 1.54) is 10.5 Å². The average molecular weight is 275 g/mol. The number of rotatable bonds is 5. The fraction of sp³-hybridized carbons (Fsp3) is 0.500. The van der Waals surface area contributed by atoms with Crippen molar-refractivity contribution < 1.29 is 14.3 Å². The summed E-state index contributed by atoms with van der Waals surface area (Å²) in [5, 5.41) is 0. The Labute approximate surface area is 119 Å². The summed E-state index contributed by atoms with van der Waals surface area (Å²) >= 11 is 0. The van der Waals surface area contributed by atoms with Crippen molar-refractivity contribution in [1.82, 2.24) is 4.90 Å². The van der Waals surface area contributed by atoms with Gasteiger partial charge in [-0.3, -0.25) is 4.79 Å². The fourth-order valence-corrected chi connectivity index (χ4v) is 2.39. The second kappa shape index (κ2) is 6.55. The number of carbonyl (C=O) groups excluding carboxylic acids is 2. The molecule has 1 heterocycles. The molecular formula is C16H21NO3. The molecule has 1 aliphatic rings. The van der Waals surface area contributed by atoms with Crippen LogP contribution in [0.4, 0.5) is 4.79 Å². The molecule has 1 aromatic carbocycles. The zero-order valence-electron chi connectivity index (χ0n) is 12.0. The first kappa shape index (κ1) is 14.6. The first-order chi connectivity index (χ1) is 9.58. The number of imide groups is 1. The summed E-state index contributed by atoms with van der Waals surface area (Å²) in [5.74, 6) is 0.496. The van der Waals surface area contributed by atoms with Crippen LogP contribution in [-0.2, 0) is 16.0 Å². The van der Waals surface area contributed by atoms with Crippen molar-refractivity contribution in [3.8, 4) is 0 Å². The fourth-order valence-electron chi connectivity index (χ4n) is 2.39. The molecule has 0 aliphatic carbocycles. The van der Waals surface area contributed by atoms with Gasteiger partial charge in [-0.1, -0.05) is 44.2 Å². The molecule has 20 heavy (non-hydrogen) atoms. The van der Waals surface area contributed by atoms with E-state index in [0.717, 1.165) is 6.42 Å². The molecule has 0 aromatic heterocycles. The smallest absolute Gasteiger partial charge is 0.416 e. The van der Waals surface area contributed by atoms with Crippen LogP contribution in [0.2, 0.25) is 0 Å². The van der Waals surface area contributed by atoms with Gasteiger partial charge in [0.05, 0.1) is 6.54 Å². The molecule has 1 saturated heterocycles. The number of nitrogens with zero attached hydrogens (tertiary/aromatic N) is 1. The molecule has 0 bridgehead atoms. The van der Waals surface area contributed by atoms with E-state index in [1.54, 1.807) is 0 Å². The minimum absolute atomic E-state index is 0.125. The van der Waals surface area contributed by atoms with Gasteiger partial charge in [-0.25, -0.2) is 9.69 Å². The van der Waals surface area contributed by atoms with Gasteiger partial charge in [0.1, 0.15) is 6.61 Å². The normalized spacial score (nSPS) is 17.7. The van der Waals surface area contributed by atoms with Gasteiger partial charge in [-0.05, 0) is 23.8 Å². The lowest BCUT2D eigenvalue weighted by Crippen LogP contribution is -2.33. The lowest BCUT2D eigenvalue weighted by Gasteiger charge is -2.21. The molecule has 2 amide bonds. The predicted octanol–water partition coefficient (Wildman–Crippen LogP) is 2.87. The highest BCUT2D eigenvalue weighted by Crippen LogP contribution is 2.21. The molecule has 2 rings (SSSR count). The van der Waals surface area contributed by atoms with Gasteiger partial charge in [-0.2, -0.15) is 0 Å². The predicted molar refractivity (Wildman–Crippen MR) is 76.2 cm³/mol. The highest BCUT2D eigenvalue weighted by molar-refractivity contribution is 5.93. The molecule has 0 N–H and O–H groups in total. The maximum atomic E-state index is 12.0. The lowest BCUT2D eigenvalue weighted by molar-refractivity contribution is -0.128. The monoisotopic (exact) mass is 275 g/mol. The largest absolute Gasteiger partial charge is 0.447 e. The summed E-state index contributed by atoms with van der Waals surface area (Å²) in [7, 11) is 0. The maximum Gasteiger partial charge on any atom is 0.416 e. The molecule has 2 atom stereocenters. The van der Waals surface area contributed by atoms with Crippen LogP contribution in [0.1, 0.15) is 25.8 Å². The van der Waals surface area contributed by atoms with E-state index in [1.807, 2.05) is 18.2 Å². The average Bonchev–Trinajstić information content (AvgIpc) is 2.86. The van der Waals surface area contributed by atoms with E-state index in [4.69, 9.17) is 4.74 Å². The van der Waals surface area contributed by atoms with Gasteiger partial charge in [0, 0.05) is 6.42 Å². The highest BCUT2D eigenvalue weighted by Gasteiger charge is 2.29. The molecule has 4 heteroatoms. The molecule has 4 nitrogen and oxygen atoms in total. The van der Waals surface area contributed by atoms with E-state index in [-0.39, 0.29) is 11.8 Å². The Hall–Kier alpha value is -1.84. The van der Waals surface area contributed by atoms with E-state index < -0.39 is 6.09 Å².